The Bertz CT molecular complexity index is 543. The Hall–Kier alpha value is -2.11. The van der Waals surface area contributed by atoms with Gasteiger partial charge in [-0.05, 0) is 31.2 Å². The van der Waals surface area contributed by atoms with Crippen LogP contribution in [0, 0.1) is 5.41 Å². The Labute approximate surface area is 116 Å². The third-order valence-electron chi connectivity index (χ3n) is 3.90. The fourth-order valence-corrected chi connectivity index (χ4v) is 2.51. The fourth-order valence-electron chi connectivity index (χ4n) is 2.51. The number of carboxylic acid groups (broad SMARTS) is 1. The molecule has 1 aromatic rings. The van der Waals surface area contributed by atoms with Gasteiger partial charge in [-0.1, -0.05) is 6.42 Å². The molecular formula is C14H18N2O4. The van der Waals surface area contributed by atoms with E-state index in [0.29, 0.717) is 17.8 Å². The minimum Gasteiger partial charge on any atom is -0.481 e. The monoisotopic (exact) mass is 278 g/mol. The number of hydrogen-bond acceptors (Lipinski definition) is 3. The van der Waals surface area contributed by atoms with Crippen molar-refractivity contribution in [3.8, 4) is 0 Å². The molecule has 2 rings (SSSR count). The van der Waals surface area contributed by atoms with E-state index in [1.165, 1.54) is 19.2 Å². The Morgan fingerprint density at radius 2 is 2.10 bits per heavy atom. The van der Waals surface area contributed by atoms with Gasteiger partial charge in [0.05, 0.1) is 6.42 Å². The van der Waals surface area contributed by atoms with Crippen molar-refractivity contribution in [2.45, 2.75) is 32.6 Å². The van der Waals surface area contributed by atoms with E-state index in [0.717, 1.165) is 19.3 Å². The highest BCUT2D eigenvalue weighted by Crippen LogP contribution is 2.43. The predicted octanol–water partition coefficient (Wildman–Crippen LogP) is 1.59. The number of aromatic amines is 1. The van der Waals surface area contributed by atoms with Gasteiger partial charge in [0.25, 0.3) is 5.91 Å². The molecule has 6 heteroatoms. The number of amides is 1. The van der Waals surface area contributed by atoms with Crippen LogP contribution in [0.4, 0.5) is 0 Å². The number of Topliss-reactive ketones (excluding diaryl/α,β-unsaturated/α-hetero) is 1. The van der Waals surface area contributed by atoms with Gasteiger partial charge in [0.2, 0.25) is 0 Å². The lowest BCUT2D eigenvalue weighted by atomic mass is 9.66. The first-order valence-corrected chi connectivity index (χ1v) is 6.61. The number of nitrogens with one attached hydrogen (secondary N) is 2. The van der Waals surface area contributed by atoms with E-state index < -0.39 is 5.97 Å². The maximum absolute atomic E-state index is 12.0. The lowest BCUT2D eigenvalue weighted by Crippen LogP contribution is -2.43. The number of aliphatic carboxylic acids is 1. The van der Waals surface area contributed by atoms with Crippen LogP contribution in [0.15, 0.2) is 12.3 Å². The van der Waals surface area contributed by atoms with E-state index in [1.807, 2.05) is 0 Å². The molecule has 1 saturated carbocycles. The van der Waals surface area contributed by atoms with Gasteiger partial charge in [-0.2, -0.15) is 0 Å². The van der Waals surface area contributed by atoms with Crippen LogP contribution < -0.4 is 5.32 Å². The van der Waals surface area contributed by atoms with Gasteiger partial charge in [0.15, 0.2) is 5.78 Å². The van der Waals surface area contributed by atoms with E-state index in [2.05, 4.69) is 10.3 Å². The van der Waals surface area contributed by atoms with Crippen LogP contribution in [0.5, 0.6) is 0 Å². The minimum absolute atomic E-state index is 0.0801. The number of aromatic nitrogens is 1. The molecule has 0 radical (unpaired) electrons. The highest BCUT2D eigenvalue weighted by Gasteiger charge is 2.39. The second kappa shape index (κ2) is 5.48. The van der Waals surface area contributed by atoms with Crippen molar-refractivity contribution < 1.29 is 19.5 Å². The van der Waals surface area contributed by atoms with Crippen molar-refractivity contribution in [1.82, 2.24) is 10.3 Å². The van der Waals surface area contributed by atoms with Crippen LogP contribution in [-0.4, -0.2) is 34.3 Å². The molecule has 108 valence electrons. The Balaban J connectivity index is 1.94. The average Bonchev–Trinajstić information content (AvgIpc) is 2.81. The minimum atomic E-state index is -0.835. The van der Waals surface area contributed by atoms with Crippen molar-refractivity contribution in [2.75, 3.05) is 6.54 Å². The van der Waals surface area contributed by atoms with Gasteiger partial charge < -0.3 is 15.4 Å². The SMILES string of the molecule is CC(=O)c1c[nH]c(C(=O)NCC2(CC(=O)O)CCC2)c1. The van der Waals surface area contributed by atoms with Crippen molar-refractivity contribution in [2.24, 2.45) is 5.41 Å². The van der Waals surface area contributed by atoms with Crippen LogP contribution in [0.2, 0.25) is 0 Å². The summed E-state index contributed by atoms with van der Waals surface area (Å²) in [5.41, 5.74) is 0.469. The average molecular weight is 278 g/mol. The molecule has 0 spiro atoms. The maximum Gasteiger partial charge on any atom is 0.303 e. The number of rotatable bonds is 6. The van der Waals surface area contributed by atoms with E-state index in [1.54, 1.807) is 0 Å². The summed E-state index contributed by atoms with van der Waals surface area (Å²) in [6, 6.07) is 1.50. The number of carbonyl (C=O) groups is 3. The van der Waals surface area contributed by atoms with Crippen molar-refractivity contribution >= 4 is 17.7 Å². The molecule has 1 aromatic heterocycles. The normalized spacial score (nSPS) is 16.2. The zero-order chi connectivity index (χ0) is 14.8. The molecule has 1 amide bonds. The summed E-state index contributed by atoms with van der Waals surface area (Å²) in [4.78, 5) is 36.7. The molecular weight excluding hydrogens is 260 g/mol. The number of carboxylic acids is 1. The molecule has 0 unspecified atom stereocenters. The molecule has 1 aliphatic carbocycles. The van der Waals surface area contributed by atoms with Crippen molar-refractivity contribution in [3.05, 3.63) is 23.5 Å². The van der Waals surface area contributed by atoms with Gasteiger partial charge in [0.1, 0.15) is 5.69 Å². The second-order valence-corrected chi connectivity index (χ2v) is 5.46. The van der Waals surface area contributed by atoms with Crippen molar-refractivity contribution in [1.29, 1.82) is 0 Å². The third-order valence-corrected chi connectivity index (χ3v) is 3.90. The van der Waals surface area contributed by atoms with E-state index in [4.69, 9.17) is 5.11 Å². The second-order valence-electron chi connectivity index (χ2n) is 5.46. The zero-order valence-electron chi connectivity index (χ0n) is 11.4. The van der Waals surface area contributed by atoms with Gasteiger partial charge in [-0.15, -0.1) is 0 Å². The molecule has 0 aliphatic heterocycles. The summed E-state index contributed by atoms with van der Waals surface area (Å²) in [6.45, 7) is 1.79. The third kappa shape index (κ3) is 3.07. The van der Waals surface area contributed by atoms with Crippen molar-refractivity contribution in [3.63, 3.8) is 0 Å². The van der Waals surface area contributed by atoms with Gasteiger partial charge in [-0.25, -0.2) is 0 Å². The molecule has 0 aromatic carbocycles. The summed E-state index contributed by atoms with van der Waals surface area (Å²) in [6.07, 6.45) is 4.22. The molecule has 20 heavy (non-hydrogen) atoms. The highest BCUT2D eigenvalue weighted by atomic mass is 16.4. The highest BCUT2D eigenvalue weighted by molar-refractivity contribution is 5.99. The van der Waals surface area contributed by atoms with Crippen LogP contribution in [0.1, 0.15) is 53.5 Å². The quantitative estimate of drug-likeness (QED) is 0.688. The lowest BCUT2D eigenvalue weighted by Gasteiger charge is -2.40. The summed E-state index contributed by atoms with van der Waals surface area (Å²) in [7, 11) is 0. The number of hydrogen-bond donors (Lipinski definition) is 3. The summed E-state index contributed by atoms with van der Waals surface area (Å²) >= 11 is 0. The number of carbonyl (C=O) groups excluding carboxylic acids is 2. The summed E-state index contributed by atoms with van der Waals surface area (Å²) in [5, 5.41) is 11.7. The Kier molecular flexibility index (Phi) is 3.92. The van der Waals surface area contributed by atoms with Gasteiger partial charge >= 0.3 is 5.97 Å². The van der Waals surface area contributed by atoms with Crippen LogP contribution in [0.3, 0.4) is 0 Å². The first-order chi connectivity index (χ1) is 9.42. The molecule has 0 saturated heterocycles. The summed E-state index contributed by atoms with van der Waals surface area (Å²) in [5.74, 6) is -1.26. The van der Waals surface area contributed by atoms with E-state index in [9.17, 15) is 14.4 Å². The fraction of sp³-hybridized carbons (Fsp3) is 0.500. The van der Waals surface area contributed by atoms with Gasteiger partial charge in [0, 0.05) is 18.3 Å². The summed E-state index contributed by atoms with van der Waals surface area (Å²) < 4.78 is 0. The van der Waals surface area contributed by atoms with Crippen LogP contribution in [-0.2, 0) is 4.79 Å². The molecule has 0 atom stereocenters. The molecule has 6 nitrogen and oxygen atoms in total. The van der Waals surface area contributed by atoms with Crippen LogP contribution >= 0.6 is 0 Å². The largest absolute Gasteiger partial charge is 0.481 e. The topological polar surface area (TPSA) is 99.3 Å². The van der Waals surface area contributed by atoms with E-state index >= 15 is 0 Å². The lowest BCUT2D eigenvalue weighted by molar-refractivity contribution is -0.141. The number of ketones is 1. The smallest absolute Gasteiger partial charge is 0.303 e. The standard InChI is InChI=1S/C14H18N2O4/c1-9(17)10-5-11(15-7-10)13(20)16-8-14(3-2-4-14)6-12(18)19/h5,7,15H,2-4,6,8H2,1H3,(H,16,20)(H,18,19). The predicted molar refractivity (Wildman–Crippen MR) is 71.7 cm³/mol. The first kappa shape index (κ1) is 14.3. The van der Waals surface area contributed by atoms with E-state index in [-0.39, 0.29) is 23.5 Å². The number of H-pyrrole nitrogens is 1. The molecule has 0 bridgehead atoms. The Morgan fingerprint density at radius 3 is 2.55 bits per heavy atom. The maximum atomic E-state index is 12.0. The molecule has 1 fully saturated rings. The Morgan fingerprint density at radius 1 is 1.40 bits per heavy atom. The molecule has 3 N–H and O–H groups in total. The zero-order valence-corrected chi connectivity index (χ0v) is 11.4. The van der Waals surface area contributed by atoms with Gasteiger partial charge in [-0.3, -0.25) is 14.4 Å². The van der Waals surface area contributed by atoms with Crippen LogP contribution in [0.25, 0.3) is 0 Å². The molecule has 1 aliphatic rings. The first-order valence-electron chi connectivity index (χ1n) is 6.61. The molecule has 1 heterocycles.